The van der Waals surface area contributed by atoms with Gasteiger partial charge in [0, 0.05) is 25.4 Å². The molecule has 0 unspecified atom stereocenters. The van der Waals surface area contributed by atoms with E-state index in [0.717, 1.165) is 4.34 Å². The van der Waals surface area contributed by atoms with Crippen LogP contribution in [0.2, 0.25) is 0 Å². The highest BCUT2D eigenvalue weighted by Gasteiger charge is 2.49. The molecule has 0 N–H and O–H groups in total. The number of hydrogen-bond donors (Lipinski definition) is 0. The average Bonchev–Trinajstić information content (AvgIpc) is 3.10. The molecule has 2 aliphatic heterocycles. The van der Waals surface area contributed by atoms with E-state index in [1.54, 1.807) is 22.2 Å². The lowest BCUT2D eigenvalue weighted by Gasteiger charge is -2.21. The molecule has 0 aromatic carbocycles. The van der Waals surface area contributed by atoms with Crippen molar-refractivity contribution in [2.45, 2.75) is 16.4 Å². The SMILES string of the molecule is CSc1nc(C(=O)N2CC[C@@]3(CN(C)C(=O)O3)C2)cs1. The number of thioether (sulfide) groups is 1. The molecule has 3 rings (SSSR count). The number of thiazole rings is 1. The number of rotatable bonds is 2. The van der Waals surface area contributed by atoms with Crippen molar-refractivity contribution < 1.29 is 14.3 Å². The van der Waals surface area contributed by atoms with Crippen molar-refractivity contribution in [2.24, 2.45) is 0 Å². The van der Waals surface area contributed by atoms with Crippen LogP contribution in [0.3, 0.4) is 0 Å². The van der Waals surface area contributed by atoms with E-state index in [2.05, 4.69) is 4.98 Å². The van der Waals surface area contributed by atoms with Gasteiger partial charge >= 0.3 is 6.09 Å². The molecular weight excluding hydrogens is 298 g/mol. The number of hydrogen-bond acceptors (Lipinski definition) is 6. The van der Waals surface area contributed by atoms with E-state index in [0.29, 0.717) is 31.7 Å². The Morgan fingerprint density at radius 3 is 2.95 bits per heavy atom. The minimum atomic E-state index is -0.528. The van der Waals surface area contributed by atoms with Crippen LogP contribution in [-0.2, 0) is 4.74 Å². The van der Waals surface area contributed by atoms with Crippen LogP contribution in [0.15, 0.2) is 9.72 Å². The molecule has 2 amide bonds. The molecule has 0 radical (unpaired) electrons. The number of aromatic nitrogens is 1. The maximum absolute atomic E-state index is 12.4. The molecule has 108 valence electrons. The molecule has 1 spiro atoms. The molecule has 1 atom stereocenters. The summed E-state index contributed by atoms with van der Waals surface area (Å²) in [7, 11) is 1.72. The molecule has 6 nitrogen and oxygen atoms in total. The summed E-state index contributed by atoms with van der Waals surface area (Å²) in [6.45, 7) is 1.60. The fraction of sp³-hybridized carbons (Fsp3) is 0.583. The summed E-state index contributed by atoms with van der Waals surface area (Å²) in [5.74, 6) is -0.0796. The van der Waals surface area contributed by atoms with E-state index in [1.807, 2.05) is 6.26 Å². The Kier molecular flexibility index (Phi) is 3.37. The highest BCUT2D eigenvalue weighted by atomic mass is 32.2. The Labute approximate surface area is 125 Å². The molecule has 0 bridgehead atoms. The minimum absolute atomic E-state index is 0.0796. The summed E-state index contributed by atoms with van der Waals surface area (Å²) in [5.41, 5.74) is -0.0473. The fourth-order valence-electron chi connectivity index (χ4n) is 2.63. The lowest BCUT2D eigenvalue weighted by atomic mass is 10.0. The van der Waals surface area contributed by atoms with E-state index < -0.39 is 5.60 Å². The molecule has 3 heterocycles. The van der Waals surface area contributed by atoms with Gasteiger partial charge in [-0.1, -0.05) is 11.8 Å². The highest BCUT2D eigenvalue weighted by molar-refractivity contribution is 8.00. The zero-order chi connectivity index (χ0) is 14.3. The average molecular weight is 313 g/mol. The van der Waals surface area contributed by atoms with Crippen molar-refractivity contribution in [1.29, 1.82) is 0 Å². The lowest BCUT2D eigenvalue weighted by Crippen LogP contribution is -2.39. The maximum Gasteiger partial charge on any atom is 0.410 e. The highest BCUT2D eigenvalue weighted by Crippen LogP contribution is 2.32. The summed E-state index contributed by atoms with van der Waals surface area (Å²) in [4.78, 5) is 31.5. The zero-order valence-corrected chi connectivity index (χ0v) is 12.9. The number of carbonyl (C=O) groups excluding carboxylic acids is 2. The van der Waals surface area contributed by atoms with Crippen LogP contribution in [-0.4, -0.2) is 65.3 Å². The number of carbonyl (C=O) groups is 2. The van der Waals surface area contributed by atoms with Crippen molar-refractivity contribution in [3.8, 4) is 0 Å². The second kappa shape index (κ2) is 4.92. The third-order valence-electron chi connectivity index (χ3n) is 3.62. The van der Waals surface area contributed by atoms with Gasteiger partial charge in [-0.2, -0.15) is 0 Å². The van der Waals surface area contributed by atoms with Gasteiger partial charge < -0.3 is 14.5 Å². The standard InChI is InChI=1S/C12H15N3O3S2/c1-14-6-12(18-11(14)17)3-4-15(7-12)9(16)8-5-20-10(13-8)19-2/h5H,3-4,6-7H2,1-2H3/t12-/m1/s1. The van der Waals surface area contributed by atoms with Crippen LogP contribution < -0.4 is 0 Å². The number of nitrogens with zero attached hydrogens (tertiary/aromatic N) is 3. The molecule has 2 aliphatic rings. The Hall–Kier alpha value is -1.28. The number of likely N-dealkylation sites (tertiary alicyclic amines) is 1. The van der Waals surface area contributed by atoms with Crippen LogP contribution in [0.1, 0.15) is 16.9 Å². The molecule has 0 aliphatic carbocycles. The van der Waals surface area contributed by atoms with Gasteiger partial charge in [-0.05, 0) is 6.26 Å². The van der Waals surface area contributed by atoms with Crippen LogP contribution >= 0.6 is 23.1 Å². The minimum Gasteiger partial charge on any atom is -0.439 e. The maximum atomic E-state index is 12.4. The molecule has 20 heavy (non-hydrogen) atoms. The molecule has 1 aromatic heterocycles. The lowest BCUT2D eigenvalue weighted by molar-refractivity contribution is 0.0550. The normalized spacial score (nSPS) is 25.6. The Bertz CT molecular complexity index is 562. The topological polar surface area (TPSA) is 62.7 Å². The third-order valence-corrected chi connectivity index (χ3v) is 5.48. The van der Waals surface area contributed by atoms with Crippen molar-refractivity contribution in [2.75, 3.05) is 32.9 Å². The van der Waals surface area contributed by atoms with Crippen molar-refractivity contribution in [3.63, 3.8) is 0 Å². The van der Waals surface area contributed by atoms with Crippen LogP contribution in [0.4, 0.5) is 4.79 Å². The third kappa shape index (κ3) is 2.26. The van der Waals surface area contributed by atoms with E-state index >= 15 is 0 Å². The van der Waals surface area contributed by atoms with E-state index in [1.165, 1.54) is 23.1 Å². The van der Waals surface area contributed by atoms with Crippen LogP contribution in [0.25, 0.3) is 0 Å². The molecule has 2 fully saturated rings. The number of ether oxygens (including phenoxy) is 1. The van der Waals surface area contributed by atoms with E-state index in [9.17, 15) is 9.59 Å². The number of amides is 2. The predicted octanol–water partition coefficient (Wildman–Crippen LogP) is 1.53. The second-order valence-corrected chi connectivity index (χ2v) is 7.00. The van der Waals surface area contributed by atoms with Crippen molar-refractivity contribution in [1.82, 2.24) is 14.8 Å². The molecule has 0 saturated carbocycles. The quantitative estimate of drug-likeness (QED) is 0.775. The second-order valence-electron chi connectivity index (χ2n) is 5.09. The van der Waals surface area contributed by atoms with Gasteiger partial charge in [0.05, 0.1) is 13.1 Å². The Balaban J connectivity index is 1.71. The van der Waals surface area contributed by atoms with E-state index in [-0.39, 0.29) is 12.0 Å². The molecule has 1 aromatic rings. The smallest absolute Gasteiger partial charge is 0.410 e. The predicted molar refractivity (Wildman–Crippen MR) is 76.3 cm³/mol. The first-order valence-corrected chi connectivity index (χ1v) is 8.36. The van der Waals surface area contributed by atoms with Crippen molar-refractivity contribution >= 4 is 35.1 Å². The van der Waals surface area contributed by atoms with Crippen LogP contribution in [0.5, 0.6) is 0 Å². The summed E-state index contributed by atoms with van der Waals surface area (Å²) in [6, 6.07) is 0. The molecule has 2 saturated heterocycles. The fourth-order valence-corrected chi connectivity index (χ4v) is 3.87. The number of likely N-dealkylation sites (N-methyl/N-ethyl adjacent to an activating group) is 1. The largest absolute Gasteiger partial charge is 0.439 e. The molecule has 8 heteroatoms. The van der Waals surface area contributed by atoms with Gasteiger partial charge in [0.25, 0.3) is 5.91 Å². The van der Waals surface area contributed by atoms with Gasteiger partial charge in [-0.3, -0.25) is 4.79 Å². The van der Waals surface area contributed by atoms with Crippen molar-refractivity contribution in [3.05, 3.63) is 11.1 Å². The Morgan fingerprint density at radius 2 is 2.35 bits per heavy atom. The van der Waals surface area contributed by atoms with Gasteiger partial charge in [-0.25, -0.2) is 9.78 Å². The Morgan fingerprint density at radius 1 is 1.55 bits per heavy atom. The first-order chi connectivity index (χ1) is 9.53. The summed E-state index contributed by atoms with van der Waals surface area (Å²) in [5, 5.41) is 1.78. The van der Waals surface area contributed by atoms with Gasteiger partial charge in [0.2, 0.25) is 0 Å². The zero-order valence-electron chi connectivity index (χ0n) is 11.3. The first-order valence-electron chi connectivity index (χ1n) is 6.26. The van der Waals surface area contributed by atoms with Crippen LogP contribution in [0, 0.1) is 0 Å². The van der Waals surface area contributed by atoms with Gasteiger partial charge in [0.1, 0.15) is 10.0 Å². The summed E-state index contributed by atoms with van der Waals surface area (Å²) < 4.78 is 6.32. The van der Waals surface area contributed by atoms with Gasteiger partial charge in [-0.15, -0.1) is 11.3 Å². The monoisotopic (exact) mass is 313 g/mol. The van der Waals surface area contributed by atoms with E-state index in [4.69, 9.17) is 4.74 Å². The van der Waals surface area contributed by atoms with Gasteiger partial charge in [0.15, 0.2) is 5.60 Å². The summed E-state index contributed by atoms with van der Waals surface area (Å²) >= 11 is 3.00. The first kappa shape index (κ1) is 13.7. The summed E-state index contributed by atoms with van der Waals surface area (Å²) in [6.07, 6.45) is 2.32. The molecular formula is C12H15N3O3S2.